The van der Waals surface area contributed by atoms with Crippen LogP contribution in [0.1, 0.15) is 21.6 Å². The summed E-state index contributed by atoms with van der Waals surface area (Å²) in [7, 11) is 1.18. The van der Waals surface area contributed by atoms with Gasteiger partial charge in [-0.3, -0.25) is 4.79 Å². The van der Waals surface area contributed by atoms with E-state index in [1.165, 1.54) is 7.11 Å². The highest BCUT2D eigenvalue weighted by Gasteiger charge is 2.57. The van der Waals surface area contributed by atoms with Crippen LogP contribution in [0.4, 0.5) is 35.1 Å². The quantitative estimate of drug-likeness (QED) is 0.224. The Bertz CT molecular complexity index is 1770. The number of amides is 1. The first-order valence-corrected chi connectivity index (χ1v) is 13.2. The minimum atomic E-state index is -5.52. The van der Waals surface area contributed by atoms with Crippen molar-refractivity contribution in [3.63, 3.8) is 0 Å². The van der Waals surface area contributed by atoms with Gasteiger partial charge >= 0.3 is 12.8 Å². The summed E-state index contributed by atoms with van der Waals surface area (Å²) >= 11 is 0. The van der Waals surface area contributed by atoms with Gasteiger partial charge in [-0.05, 0) is 42.5 Å². The highest BCUT2D eigenvalue weighted by atomic mass is 19.4. The van der Waals surface area contributed by atoms with Crippen LogP contribution in [0, 0.1) is 5.82 Å². The second kappa shape index (κ2) is 12.2. The van der Waals surface area contributed by atoms with E-state index in [9.17, 15) is 45.0 Å². The molecule has 0 aliphatic carbocycles. The third-order valence-corrected chi connectivity index (χ3v) is 7.39. The number of rotatable bonds is 10. The highest BCUT2D eigenvalue weighted by Crippen LogP contribution is 2.48. The number of benzene rings is 2. The van der Waals surface area contributed by atoms with Crippen LogP contribution in [0.3, 0.4) is 0 Å². The summed E-state index contributed by atoms with van der Waals surface area (Å²) < 4.78 is 126. The van der Waals surface area contributed by atoms with Gasteiger partial charge in [0, 0.05) is 28.1 Å². The molecule has 3 heterocycles. The average Bonchev–Trinajstić information content (AvgIpc) is 3.41. The number of methoxy groups -OCH3 is 1. The highest BCUT2D eigenvalue weighted by molar-refractivity contribution is 6.00. The lowest BCUT2D eigenvalue weighted by molar-refractivity contribution is -0.265. The van der Waals surface area contributed by atoms with E-state index in [0.29, 0.717) is 6.07 Å². The van der Waals surface area contributed by atoms with E-state index in [1.807, 2.05) is 5.32 Å². The molecular weight excluding hydrogens is 636 g/mol. The van der Waals surface area contributed by atoms with Crippen molar-refractivity contribution in [2.45, 2.75) is 23.8 Å². The fraction of sp³-hybridized carbons (Fsp3) is 0.310. The summed E-state index contributed by atoms with van der Waals surface area (Å²) in [6.07, 6.45) is -5.52. The first-order valence-electron chi connectivity index (χ1n) is 13.2. The van der Waals surface area contributed by atoms with Gasteiger partial charge in [-0.2, -0.15) is 22.0 Å². The second-order valence-electron chi connectivity index (χ2n) is 10.3. The predicted octanol–water partition coefficient (Wildman–Crippen LogP) is 5.19. The smallest absolute Gasteiger partial charge is 0.424 e. The molecule has 244 valence electrons. The van der Waals surface area contributed by atoms with Crippen molar-refractivity contribution < 1.29 is 59.2 Å². The van der Waals surface area contributed by atoms with Gasteiger partial charge < -0.3 is 24.6 Å². The summed E-state index contributed by atoms with van der Waals surface area (Å²) in [5.74, 6) is -2.83. The number of ether oxygens (including phenoxy) is 3. The van der Waals surface area contributed by atoms with Crippen LogP contribution in [0.25, 0.3) is 22.2 Å². The van der Waals surface area contributed by atoms with E-state index in [0.717, 1.165) is 42.5 Å². The third kappa shape index (κ3) is 5.81. The number of carbonyl (C=O) groups excluding carboxylic acids is 1. The van der Waals surface area contributed by atoms with Crippen molar-refractivity contribution in [1.82, 2.24) is 20.5 Å². The zero-order chi connectivity index (χ0) is 33.4. The summed E-state index contributed by atoms with van der Waals surface area (Å²) in [6.45, 7) is -8.13. The largest absolute Gasteiger partial charge is 0.494 e. The molecule has 0 saturated heterocycles. The van der Waals surface area contributed by atoms with Crippen molar-refractivity contribution in [2.75, 3.05) is 33.6 Å². The minimum absolute atomic E-state index is 0.000698. The number of nitrogens with one attached hydrogen (secondary N) is 1. The maximum Gasteiger partial charge on any atom is 0.424 e. The minimum Gasteiger partial charge on any atom is -0.494 e. The summed E-state index contributed by atoms with van der Waals surface area (Å²) in [5.41, 5.74) is -8.09. The maximum atomic E-state index is 14.6. The molecule has 0 fully saturated rings. The van der Waals surface area contributed by atoms with E-state index in [-0.39, 0.29) is 44.8 Å². The topological polar surface area (TPSA) is 116 Å². The number of hydrogen-bond donors (Lipinski definition) is 2. The number of nitrogens with zero attached hydrogens (tertiary/aromatic N) is 3. The number of hydrogen-bond acceptors (Lipinski definition) is 8. The zero-order valence-corrected chi connectivity index (χ0v) is 23.5. The van der Waals surface area contributed by atoms with Gasteiger partial charge in [-0.1, -0.05) is 0 Å². The molecule has 1 atom stereocenters. The molecule has 0 radical (unpaired) electrons. The molecular formula is C29H22F8N4O5. The van der Waals surface area contributed by atoms with Gasteiger partial charge in [-0.25, -0.2) is 18.2 Å². The summed E-state index contributed by atoms with van der Waals surface area (Å²) in [6, 6.07) is 8.09. The number of halogens is 8. The number of carbonyl (C=O) groups is 1. The Kier molecular flexibility index (Phi) is 8.63. The van der Waals surface area contributed by atoms with Crippen LogP contribution in [-0.2, 0) is 11.0 Å². The van der Waals surface area contributed by atoms with Gasteiger partial charge in [0.2, 0.25) is 11.5 Å². The Morgan fingerprint density at radius 3 is 2.39 bits per heavy atom. The fourth-order valence-electron chi connectivity index (χ4n) is 4.82. The Morgan fingerprint density at radius 2 is 1.78 bits per heavy atom. The molecule has 5 rings (SSSR count). The Balaban J connectivity index is 1.56. The van der Waals surface area contributed by atoms with Crippen molar-refractivity contribution in [3.8, 4) is 28.6 Å². The molecule has 0 spiro atoms. The van der Waals surface area contributed by atoms with Crippen LogP contribution >= 0.6 is 0 Å². The van der Waals surface area contributed by atoms with E-state index in [1.54, 1.807) is 0 Å². The monoisotopic (exact) mass is 658 g/mol. The molecule has 4 aromatic rings. The summed E-state index contributed by atoms with van der Waals surface area (Å²) in [4.78, 5) is 17.1. The van der Waals surface area contributed by atoms with Crippen LogP contribution < -0.4 is 19.5 Å². The van der Waals surface area contributed by atoms with Gasteiger partial charge in [0.15, 0.2) is 0 Å². The van der Waals surface area contributed by atoms with E-state index in [4.69, 9.17) is 9.47 Å². The number of fused-ring (bicyclic) bond motifs is 2. The number of pyridine rings is 1. The van der Waals surface area contributed by atoms with Crippen LogP contribution in [0.2, 0.25) is 0 Å². The lowest BCUT2D eigenvalue weighted by Crippen LogP contribution is -2.51. The zero-order valence-electron chi connectivity index (χ0n) is 23.5. The Hall–Kier alpha value is -4.80. The maximum absolute atomic E-state index is 14.6. The molecule has 2 aromatic heterocycles. The lowest BCUT2D eigenvalue weighted by Gasteiger charge is -2.31. The number of aliphatic hydroxyl groups is 1. The van der Waals surface area contributed by atoms with E-state index in [2.05, 4.69) is 19.9 Å². The van der Waals surface area contributed by atoms with Gasteiger partial charge in [-0.15, -0.1) is 10.2 Å². The molecule has 1 amide bonds. The average molecular weight is 659 g/mol. The fourth-order valence-corrected chi connectivity index (χ4v) is 4.82. The molecule has 1 aliphatic rings. The molecule has 2 aromatic carbocycles. The summed E-state index contributed by atoms with van der Waals surface area (Å²) in [5, 5.41) is 20.3. The molecule has 0 saturated carbocycles. The van der Waals surface area contributed by atoms with Crippen LogP contribution in [-0.4, -0.2) is 72.6 Å². The lowest BCUT2D eigenvalue weighted by atomic mass is 9.82. The van der Waals surface area contributed by atoms with Crippen molar-refractivity contribution in [1.29, 1.82) is 0 Å². The molecule has 1 unspecified atom stereocenters. The first-order chi connectivity index (χ1) is 21.7. The van der Waals surface area contributed by atoms with Crippen LogP contribution in [0.15, 0.2) is 48.5 Å². The standard InChI is InChI=1S/C29H22F8N4O5/c1-44-19-7-16(6-15-8-21(46-26(33)34)40-41-22(15)19)25(42)38-12-28(43,29(35,36)37)20-9-18-24(45-13-27(18,10-30)11-31)23(39-20)14-2-4-17(32)5-3-14/h2-9,26,43H,10-13H2,1H3,(H,38,42). The van der Waals surface area contributed by atoms with Crippen LogP contribution in [0.5, 0.6) is 17.4 Å². The number of aromatic nitrogens is 3. The predicted molar refractivity (Wildman–Crippen MR) is 144 cm³/mol. The Morgan fingerprint density at radius 1 is 1.09 bits per heavy atom. The molecule has 2 N–H and O–H groups in total. The third-order valence-electron chi connectivity index (χ3n) is 7.39. The van der Waals surface area contributed by atoms with Gasteiger partial charge in [0.05, 0.1) is 24.8 Å². The second-order valence-corrected chi connectivity index (χ2v) is 10.3. The molecule has 0 bridgehead atoms. The first kappa shape index (κ1) is 32.6. The van der Waals surface area contributed by atoms with E-state index >= 15 is 0 Å². The Labute approximate surface area is 254 Å². The SMILES string of the molecule is COc1cc(C(=O)NCC(O)(c2cc3c(c(-c4ccc(F)cc4)n2)OCC3(CF)CF)C(F)(F)F)cc2cc(OC(F)F)nnc12. The number of alkyl halides is 7. The molecule has 17 heteroatoms. The van der Waals surface area contributed by atoms with Crippen molar-refractivity contribution in [3.05, 3.63) is 71.2 Å². The van der Waals surface area contributed by atoms with Gasteiger partial charge in [0.1, 0.15) is 48.5 Å². The molecule has 1 aliphatic heterocycles. The van der Waals surface area contributed by atoms with E-state index < -0.39 is 73.6 Å². The van der Waals surface area contributed by atoms with Crippen molar-refractivity contribution in [2.24, 2.45) is 0 Å². The molecule has 9 nitrogen and oxygen atoms in total. The van der Waals surface area contributed by atoms with Crippen molar-refractivity contribution >= 4 is 16.8 Å². The normalized spacial score (nSPS) is 15.3. The van der Waals surface area contributed by atoms with Gasteiger partial charge in [0.25, 0.3) is 5.91 Å². The molecule has 46 heavy (non-hydrogen) atoms.